The van der Waals surface area contributed by atoms with E-state index in [0.717, 1.165) is 6.42 Å². The number of carbonyl (C=O) groups is 2. The summed E-state index contributed by atoms with van der Waals surface area (Å²) in [6.07, 6.45) is 0.828. The summed E-state index contributed by atoms with van der Waals surface area (Å²) in [6, 6.07) is 0. The maximum absolute atomic E-state index is 12.1. The molecule has 0 saturated carbocycles. The summed E-state index contributed by atoms with van der Waals surface area (Å²) < 4.78 is 5.52. The summed E-state index contributed by atoms with van der Waals surface area (Å²) in [5, 5.41) is 19.5. The van der Waals surface area contributed by atoms with Gasteiger partial charge in [-0.1, -0.05) is 11.3 Å². The number of carboxylic acid groups (broad SMARTS) is 1. The monoisotopic (exact) mass is 269 g/mol. The first-order valence-corrected chi connectivity index (χ1v) is 6.50. The molecule has 2 fully saturated rings. The van der Waals surface area contributed by atoms with E-state index < -0.39 is 17.8 Å². The van der Waals surface area contributed by atoms with Crippen LogP contribution in [0.1, 0.15) is 12.8 Å². The molecule has 8 heteroatoms. The van der Waals surface area contributed by atoms with Gasteiger partial charge in [0.15, 0.2) is 0 Å². The van der Waals surface area contributed by atoms with Gasteiger partial charge in [-0.3, -0.25) is 9.59 Å². The predicted molar refractivity (Wildman–Crippen MR) is 61.0 cm³/mol. The van der Waals surface area contributed by atoms with Crippen molar-refractivity contribution < 1.29 is 19.4 Å². The van der Waals surface area contributed by atoms with Gasteiger partial charge in [0, 0.05) is 0 Å². The van der Waals surface area contributed by atoms with Crippen molar-refractivity contribution in [3.63, 3.8) is 0 Å². The van der Waals surface area contributed by atoms with Crippen molar-refractivity contribution in [2.45, 2.75) is 25.0 Å². The van der Waals surface area contributed by atoms with Crippen molar-refractivity contribution in [3.05, 3.63) is 5.51 Å². The summed E-state index contributed by atoms with van der Waals surface area (Å²) in [4.78, 5) is 23.3. The van der Waals surface area contributed by atoms with E-state index in [1.54, 1.807) is 0 Å². The zero-order valence-electron chi connectivity index (χ0n) is 9.28. The van der Waals surface area contributed by atoms with E-state index in [1.807, 2.05) is 0 Å². The fourth-order valence-corrected chi connectivity index (χ4v) is 3.19. The molecule has 2 N–H and O–H groups in total. The Morgan fingerprint density at radius 2 is 2.11 bits per heavy atom. The van der Waals surface area contributed by atoms with E-state index in [4.69, 9.17) is 4.74 Å². The molecule has 2 saturated heterocycles. The fourth-order valence-electron chi connectivity index (χ4n) is 2.74. The molecule has 0 unspecified atom stereocenters. The van der Waals surface area contributed by atoms with E-state index in [9.17, 15) is 14.7 Å². The molecule has 0 radical (unpaired) electrons. The van der Waals surface area contributed by atoms with Crippen LogP contribution in [0.15, 0.2) is 5.51 Å². The van der Waals surface area contributed by atoms with Crippen LogP contribution < -0.4 is 5.32 Å². The lowest BCUT2D eigenvalue weighted by Gasteiger charge is -2.23. The summed E-state index contributed by atoms with van der Waals surface area (Å²) in [5.74, 6) is -2.70. The van der Waals surface area contributed by atoms with Gasteiger partial charge in [-0.2, -0.15) is 0 Å². The van der Waals surface area contributed by atoms with Crippen LogP contribution in [0.2, 0.25) is 0 Å². The SMILES string of the molecule is O=C(O)[C@@H]1[C@H](C(=O)Nc2nncs2)[C@H]2CC[C@@H]1O2. The van der Waals surface area contributed by atoms with E-state index in [2.05, 4.69) is 15.5 Å². The number of ether oxygens (including phenoxy) is 1. The topological polar surface area (TPSA) is 101 Å². The Kier molecular flexibility index (Phi) is 2.75. The number of anilines is 1. The minimum absolute atomic E-state index is 0.288. The van der Waals surface area contributed by atoms with Gasteiger partial charge in [0.2, 0.25) is 11.0 Å². The third-order valence-corrected chi connectivity index (χ3v) is 4.06. The zero-order chi connectivity index (χ0) is 12.7. The number of aliphatic carboxylic acids is 1. The fraction of sp³-hybridized carbons (Fsp3) is 0.600. The number of rotatable bonds is 3. The molecule has 1 aromatic heterocycles. The molecule has 2 aliphatic heterocycles. The number of aromatic nitrogens is 2. The van der Waals surface area contributed by atoms with Gasteiger partial charge in [0.05, 0.1) is 24.0 Å². The molecule has 1 aromatic rings. The second-order valence-electron chi connectivity index (χ2n) is 4.41. The van der Waals surface area contributed by atoms with E-state index in [1.165, 1.54) is 16.8 Å². The number of carbonyl (C=O) groups excluding carboxylic acids is 1. The molecule has 3 heterocycles. The lowest BCUT2D eigenvalue weighted by Crippen LogP contribution is -2.40. The highest BCUT2D eigenvalue weighted by Crippen LogP contribution is 2.44. The molecular formula is C10H11N3O4S. The Morgan fingerprint density at radius 1 is 1.39 bits per heavy atom. The Balaban J connectivity index is 1.78. The molecule has 7 nitrogen and oxygen atoms in total. The van der Waals surface area contributed by atoms with Gasteiger partial charge in [-0.25, -0.2) is 0 Å². The highest BCUT2D eigenvalue weighted by molar-refractivity contribution is 7.13. The van der Waals surface area contributed by atoms with Crippen LogP contribution in [0.25, 0.3) is 0 Å². The molecule has 0 aromatic carbocycles. The zero-order valence-corrected chi connectivity index (χ0v) is 10.1. The predicted octanol–water partition coefficient (Wildman–Crippen LogP) is 0.355. The molecule has 1 amide bonds. The first-order chi connectivity index (χ1) is 8.66. The molecule has 2 aliphatic rings. The average molecular weight is 269 g/mol. The van der Waals surface area contributed by atoms with Crippen LogP contribution >= 0.6 is 11.3 Å². The summed E-state index contributed by atoms with van der Waals surface area (Å²) in [7, 11) is 0. The normalized spacial score (nSPS) is 33.6. The Hall–Kier alpha value is -1.54. The van der Waals surface area contributed by atoms with Crippen molar-refractivity contribution in [1.29, 1.82) is 0 Å². The molecule has 0 aliphatic carbocycles. The first-order valence-electron chi connectivity index (χ1n) is 5.62. The molecule has 3 rings (SSSR count). The second-order valence-corrected chi connectivity index (χ2v) is 5.25. The lowest BCUT2D eigenvalue weighted by atomic mass is 9.79. The average Bonchev–Trinajstić information content (AvgIpc) is 3.03. The standard InChI is InChI=1S/C10H11N3O4S/c14-8(12-10-13-11-3-18-10)6-4-1-2-5(17-4)7(6)9(15)16/h3-7H,1-2H2,(H,15,16)(H,12,13,14)/t4-,5+,6-,7+/m1/s1. The van der Waals surface area contributed by atoms with Gasteiger partial charge in [-0.05, 0) is 12.8 Å². The van der Waals surface area contributed by atoms with Crippen LogP contribution in [0.4, 0.5) is 5.13 Å². The van der Waals surface area contributed by atoms with Gasteiger partial charge < -0.3 is 15.2 Å². The molecule has 0 spiro atoms. The Morgan fingerprint density at radius 3 is 2.72 bits per heavy atom. The number of hydrogen-bond donors (Lipinski definition) is 2. The van der Waals surface area contributed by atoms with Crippen molar-refractivity contribution >= 4 is 28.3 Å². The van der Waals surface area contributed by atoms with Gasteiger partial charge in [0.1, 0.15) is 5.51 Å². The molecule has 18 heavy (non-hydrogen) atoms. The summed E-state index contributed by atoms with van der Waals surface area (Å²) >= 11 is 1.20. The third-order valence-electron chi connectivity index (χ3n) is 3.45. The van der Waals surface area contributed by atoms with Crippen molar-refractivity contribution in [1.82, 2.24) is 10.2 Å². The molecule has 96 valence electrons. The summed E-state index contributed by atoms with van der Waals surface area (Å²) in [5.41, 5.74) is 1.50. The minimum atomic E-state index is -0.973. The molecule has 2 bridgehead atoms. The highest BCUT2D eigenvalue weighted by Gasteiger charge is 2.55. The first kappa shape index (κ1) is 11.5. The summed E-state index contributed by atoms with van der Waals surface area (Å²) in [6.45, 7) is 0. The maximum atomic E-state index is 12.1. The van der Waals surface area contributed by atoms with Gasteiger partial charge >= 0.3 is 5.97 Å². The lowest BCUT2D eigenvalue weighted by molar-refractivity contribution is -0.147. The quantitative estimate of drug-likeness (QED) is 0.821. The number of amides is 1. The van der Waals surface area contributed by atoms with Crippen LogP contribution in [0, 0.1) is 11.8 Å². The van der Waals surface area contributed by atoms with Gasteiger partial charge in [-0.15, -0.1) is 10.2 Å². The van der Waals surface area contributed by atoms with Crippen LogP contribution in [0.5, 0.6) is 0 Å². The molecule has 4 atom stereocenters. The van der Waals surface area contributed by atoms with E-state index >= 15 is 0 Å². The van der Waals surface area contributed by atoms with Crippen LogP contribution in [-0.2, 0) is 14.3 Å². The number of hydrogen-bond acceptors (Lipinski definition) is 6. The van der Waals surface area contributed by atoms with E-state index in [0.29, 0.717) is 11.6 Å². The maximum Gasteiger partial charge on any atom is 0.310 e. The van der Waals surface area contributed by atoms with Crippen LogP contribution in [-0.4, -0.2) is 39.4 Å². The van der Waals surface area contributed by atoms with Crippen molar-refractivity contribution in [2.24, 2.45) is 11.8 Å². The highest BCUT2D eigenvalue weighted by atomic mass is 32.1. The Bertz CT molecular complexity index is 477. The van der Waals surface area contributed by atoms with Gasteiger partial charge in [0.25, 0.3) is 0 Å². The molecular weight excluding hydrogens is 258 g/mol. The minimum Gasteiger partial charge on any atom is -0.481 e. The van der Waals surface area contributed by atoms with Crippen molar-refractivity contribution in [2.75, 3.05) is 5.32 Å². The number of nitrogens with one attached hydrogen (secondary N) is 1. The second kappa shape index (κ2) is 4.29. The van der Waals surface area contributed by atoms with Crippen LogP contribution in [0.3, 0.4) is 0 Å². The smallest absolute Gasteiger partial charge is 0.310 e. The number of nitrogens with zero attached hydrogens (tertiary/aromatic N) is 2. The third kappa shape index (κ3) is 1.77. The largest absolute Gasteiger partial charge is 0.481 e. The Labute approximate surface area is 106 Å². The van der Waals surface area contributed by atoms with Crippen molar-refractivity contribution in [3.8, 4) is 0 Å². The number of carboxylic acids is 1. The number of fused-ring (bicyclic) bond motifs is 2. The van der Waals surface area contributed by atoms with E-state index in [-0.39, 0.29) is 18.1 Å².